The van der Waals surface area contributed by atoms with Crippen LogP contribution < -0.4 is 9.47 Å². The molecular weight excluding hydrogens is 304 g/mol. The monoisotopic (exact) mass is 326 g/mol. The number of methoxy groups -OCH3 is 1. The first-order valence-electron chi connectivity index (χ1n) is 8.12. The van der Waals surface area contributed by atoms with Crippen LogP contribution in [0.15, 0.2) is 54.6 Å². The number of benzene rings is 2. The van der Waals surface area contributed by atoms with Gasteiger partial charge in [0.1, 0.15) is 11.5 Å². The van der Waals surface area contributed by atoms with Gasteiger partial charge >= 0.3 is 6.09 Å². The van der Waals surface area contributed by atoms with Gasteiger partial charge < -0.3 is 14.4 Å². The number of amides is 1. The third-order valence-corrected chi connectivity index (χ3v) is 4.17. The van der Waals surface area contributed by atoms with Crippen molar-refractivity contribution in [2.24, 2.45) is 0 Å². The zero-order valence-electron chi connectivity index (χ0n) is 13.9. The normalized spacial score (nSPS) is 15.1. The van der Waals surface area contributed by atoms with E-state index in [9.17, 15) is 4.79 Å². The van der Waals surface area contributed by atoms with Gasteiger partial charge in [0.05, 0.1) is 7.11 Å². The first kappa shape index (κ1) is 16.3. The number of ether oxygens (including phenoxy) is 2. The predicted molar refractivity (Wildman–Crippen MR) is 92.3 cm³/mol. The Kier molecular flexibility index (Phi) is 5.33. The summed E-state index contributed by atoms with van der Waals surface area (Å²) in [6.07, 6.45) is -0.279. The SMILES string of the molecule is COc1ccccc1CN1CCN(C(=O)Oc2ccccc2)CC1. The molecule has 1 fully saturated rings. The summed E-state index contributed by atoms with van der Waals surface area (Å²) in [5.74, 6) is 1.49. The maximum Gasteiger partial charge on any atom is 0.415 e. The van der Waals surface area contributed by atoms with Crippen molar-refractivity contribution < 1.29 is 14.3 Å². The molecule has 0 radical (unpaired) electrons. The molecule has 0 aromatic heterocycles. The van der Waals surface area contributed by atoms with Gasteiger partial charge in [0.25, 0.3) is 0 Å². The zero-order chi connectivity index (χ0) is 16.8. The summed E-state index contributed by atoms with van der Waals surface area (Å²) in [5, 5.41) is 0. The van der Waals surface area contributed by atoms with Gasteiger partial charge in [-0.05, 0) is 18.2 Å². The summed E-state index contributed by atoms with van der Waals surface area (Å²) < 4.78 is 10.8. The van der Waals surface area contributed by atoms with Gasteiger partial charge in [-0.15, -0.1) is 0 Å². The number of nitrogens with zero attached hydrogens (tertiary/aromatic N) is 2. The van der Waals surface area contributed by atoms with Gasteiger partial charge in [-0.25, -0.2) is 4.79 Å². The van der Waals surface area contributed by atoms with E-state index < -0.39 is 0 Å². The highest BCUT2D eigenvalue weighted by Crippen LogP contribution is 2.20. The summed E-state index contributed by atoms with van der Waals surface area (Å²) in [7, 11) is 1.69. The van der Waals surface area contributed by atoms with Crippen LogP contribution in [0.3, 0.4) is 0 Å². The molecule has 5 heteroatoms. The number of hydrogen-bond acceptors (Lipinski definition) is 4. The molecule has 1 saturated heterocycles. The lowest BCUT2D eigenvalue weighted by molar-refractivity contribution is 0.107. The van der Waals surface area contributed by atoms with Crippen molar-refractivity contribution >= 4 is 6.09 Å². The van der Waals surface area contributed by atoms with E-state index in [-0.39, 0.29) is 6.09 Å². The van der Waals surface area contributed by atoms with Crippen molar-refractivity contribution in [1.82, 2.24) is 9.80 Å². The standard InChI is InChI=1S/C19H22N2O3/c1-23-18-10-6-5-7-16(18)15-20-11-13-21(14-12-20)19(22)24-17-8-3-2-4-9-17/h2-10H,11-15H2,1H3. The topological polar surface area (TPSA) is 42.0 Å². The molecule has 3 rings (SSSR count). The quantitative estimate of drug-likeness (QED) is 0.866. The van der Waals surface area contributed by atoms with E-state index in [2.05, 4.69) is 11.0 Å². The molecule has 2 aromatic rings. The van der Waals surface area contributed by atoms with Gasteiger partial charge in [0, 0.05) is 38.3 Å². The Morgan fingerprint density at radius 3 is 2.33 bits per heavy atom. The molecule has 0 bridgehead atoms. The summed E-state index contributed by atoms with van der Waals surface area (Å²) in [5.41, 5.74) is 1.17. The second-order valence-corrected chi connectivity index (χ2v) is 5.76. The highest BCUT2D eigenvalue weighted by molar-refractivity contribution is 5.70. The predicted octanol–water partition coefficient (Wildman–Crippen LogP) is 3.01. The molecule has 0 saturated carbocycles. The van der Waals surface area contributed by atoms with Gasteiger partial charge in [-0.2, -0.15) is 0 Å². The Bertz CT molecular complexity index is 667. The minimum absolute atomic E-state index is 0.279. The first-order chi connectivity index (χ1) is 11.8. The second-order valence-electron chi connectivity index (χ2n) is 5.76. The highest BCUT2D eigenvalue weighted by atomic mass is 16.6. The van der Waals surface area contributed by atoms with Crippen molar-refractivity contribution in [3.8, 4) is 11.5 Å². The fourth-order valence-corrected chi connectivity index (χ4v) is 2.82. The number of hydrogen-bond donors (Lipinski definition) is 0. The van der Waals surface area contributed by atoms with E-state index in [0.29, 0.717) is 18.8 Å². The molecule has 0 unspecified atom stereocenters. The van der Waals surface area contributed by atoms with Crippen LogP contribution in [0.5, 0.6) is 11.5 Å². The van der Waals surface area contributed by atoms with Crippen LogP contribution in [0.25, 0.3) is 0 Å². The lowest BCUT2D eigenvalue weighted by Crippen LogP contribution is -2.49. The molecule has 1 aliphatic rings. The molecule has 2 aromatic carbocycles. The molecule has 5 nitrogen and oxygen atoms in total. The average molecular weight is 326 g/mol. The summed E-state index contributed by atoms with van der Waals surface area (Å²) >= 11 is 0. The second kappa shape index (κ2) is 7.84. The summed E-state index contributed by atoms with van der Waals surface area (Å²) in [6, 6.07) is 17.2. The van der Waals surface area contributed by atoms with Crippen LogP contribution >= 0.6 is 0 Å². The van der Waals surface area contributed by atoms with E-state index in [0.717, 1.165) is 25.4 Å². The van der Waals surface area contributed by atoms with Gasteiger partial charge in [-0.1, -0.05) is 36.4 Å². The molecule has 0 atom stereocenters. The van der Waals surface area contributed by atoms with E-state index in [1.54, 1.807) is 24.1 Å². The van der Waals surface area contributed by atoms with Crippen molar-refractivity contribution in [2.45, 2.75) is 6.54 Å². The molecule has 1 amide bonds. The molecule has 1 heterocycles. The number of carbonyl (C=O) groups is 1. The van der Waals surface area contributed by atoms with Crippen LogP contribution in [0, 0.1) is 0 Å². The Labute approximate surface area is 142 Å². The molecule has 24 heavy (non-hydrogen) atoms. The zero-order valence-corrected chi connectivity index (χ0v) is 13.9. The van der Waals surface area contributed by atoms with Gasteiger partial charge in [0.2, 0.25) is 0 Å². The fraction of sp³-hybridized carbons (Fsp3) is 0.316. The molecular formula is C19H22N2O3. The lowest BCUT2D eigenvalue weighted by atomic mass is 10.1. The Hall–Kier alpha value is -2.53. The fourth-order valence-electron chi connectivity index (χ4n) is 2.82. The Balaban J connectivity index is 1.51. The number of para-hydroxylation sites is 2. The largest absolute Gasteiger partial charge is 0.496 e. The third-order valence-electron chi connectivity index (χ3n) is 4.17. The number of piperazine rings is 1. The lowest BCUT2D eigenvalue weighted by Gasteiger charge is -2.34. The number of carbonyl (C=O) groups excluding carboxylic acids is 1. The maximum absolute atomic E-state index is 12.2. The molecule has 1 aliphatic heterocycles. The molecule has 126 valence electrons. The van der Waals surface area contributed by atoms with Crippen LogP contribution in [0.4, 0.5) is 4.79 Å². The first-order valence-corrected chi connectivity index (χ1v) is 8.12. The van der Waals surface area contributed by atoms with Crippen molar-refractivity contribution in [1.29, 1.82) is 0 Å². The Morgan fingerprint density at radius 2 is 1.62 bits per heavy atom. The van der Waals surface area contributed by atoms with E-state index in [1.807, 2.05) is 36.4 Å². The van der Waals surface area contributed by atoms with Crippen LogP contribution in [0.2, 0.25) is 0 Å². The van der Waals surface area contributed by atoms with Gasteiger partial charge in [-0.3, -0.25) is 4.90 Å². The highest BCUT2D eigenvalue weighted by Gasteiger charge is 2.23. The Morgan fingerprint density at radius 1 is 0.958 bits per heavy atom. The summed E-state index contributed by atoms with van der Waals surface area (Å²) in [4.78, 5) is 16.3. The van der Waals surface area contributed by atoms with E-state index in [4.69, 9.17) is 9.47 Å². The van der Waals surface area contributed by atoms with Crippen LogP contribution in [0.1, 0.15) is 5.56 Å². The van der Waals surface area contributed by atoms with Crippen LogP contribution in [-0.2, 0) is 6.54 Å². The van der Waals surface area contributed by atoms with Gasteiger partial charge in [0.15, 0.2) is 0 Å². The average Bonchev–Trinajstić information content (AvgIpc) is 2.63. The minimum Gasteiger partial charge on any atom is -0.496 e. The molecule has 0 aliphatic carbocycles. The smallest absolute Gasteiger partial charge is 0.415 e. The number of rotatable bonds is 4. The molecule has 0 spiro atoms. The van der Waals surface area contributed by atoms with Crippen molar-refractivity contribution in [2.75, 3.05) is 33.3 Å². The van der Waals surface area contributed by atoms with Crippen molar-refractivity contribution in [3.63, 3.8) is 0 Å². The summed E-state index contributed by atoms with van der Waals surface area (Å²) in [6.45, 7) is 3.80. The van der Waals surface area contributed by atoms with E-state index in [1.165, 1.54) is 5.56 Å². The minimum atomic E-state index is -0.279. The van der Waals surface area contributed by atoms with E-state index >= 15 is 0 Å². The molecule has 0 N–H and O–H groups in total. The van der Waals surface area contributed by atoms with Crippen LogP contribution in [-0.4, -0.2) is 49.2 Å². The van der Waals surface area contributed by atoms with Crippen molar-refractivity contribution in [3.05, 3.63) is 60.2 Å². The third kappa shape index (κ3) is 4.06. The maximum atomic E-state index is 12.2.